The second-order valence-corrected chi connectivity index (χ2v) is 11.6. The second kappa shape index (κ2) is 9.98. The first kappa shape index (κ1) is 29.2. The number of fused-ring (bicyclic) bond motifs is 1. The Morgan fingerprint density at radius 3 is 2.20 bits per heavy atom. The molecule has 3 aromatic carbocycles. The molecule has 0 amide bonds. The van der Waals surface area contributed by atoms with Crippen LogP contribution in [0.4, 0.5) is 36.4 Å². The smallest absolute Gasteiger partial charge is 0.416 e. The molecule has 1 atom stereocenters. The Labute approximate surface area is 223 Å². The first-order valence-electron chi connectivity index (χ1n) is 11.5. The number of hydrogen-bond acceptors (Lipinski definition) is 4. The van der Waals surface area contributed by atoms with Gasteiger partial charge in [0.2, 0.25) is 0 Å². The summed E-state index contributed by atoms with van der Waals surface area (Å²) in [5.74, 6) is -8.41. The highest BCUT2D eigenvalue weighted by Crippen LogP contribution is 2.43. The number of hydrogen-bond donors (Lipinski definition) is 1. The zero-order valence-corrected chi connectivity index (χ0v) is 21.5. The van der Waals surface area contributed by atoms with Crippen molar-refractivity contribution in [3.63, 3.8) is 0 Å². The van der Waals surface area contributed by atoms with E-state index in [4.69, 9.17) is 4.74 Å². The third kappa shape index (κ3) is 5.31. The highest BCUT2D eigenvalue weighted by Gasteiger charge is 2.40. The Balaban J connectivity index is 1.90. The van der Waals surface area contributed by atoms with Gasteiger partial charge in [-0.05, 0) is 49.7 Å². The molecular weight excluding hydrogens is 571 g/mol. The van der Waals surface area contributed by atoms with Crippen LogP contribution in [0.5, 0.6) is 5.75 Å². The van der Waals surface area contributed by atoms with E-state index in [-0.39, 0.29) is 18.2 Å². The fraction of sp³-hybridized carbons (Fsp3) is 0.269. The van der Waals surface area contributed by atoms with Gasteiger partial charge >= 0.3 is 12.1 Å². The van der Waals surface area contributed by atoms with Crippen LogP contribution in [0.15, 0.2) is 53.4 Å². The fourth-order valence-electron chi connectivity index (χ4n) is 4.24. The van der Waals surface area contributed by atoms with Crippen LogP contribution in [0.3, 0.4) is 0 Å². The normalized spacial score (nSPS) is 15.9. The molecule has 3 aromatic rings. The summed E-state index contributed by atoms with van der Waals surface area (Å²) < 4.78 is 131. The Morgan fingerprint density at radius 2 is 1.62 bits per heavy atom. The number of benzene rings is 3. The van der Waals surface area contributed by atoms with Crippen LogP contribution >= 0.6 is 0 Å². The molecule has 0 bridgehead atoms. The number of carboxylic acid groups (broad SMARTS) is 1. The first-order chi connectivity index (χ1) is 18.4. The van der Waals surface area contributed by atoms with Gasteiger partial charge in [0.25, 0.3) is 10.0 Å². The molecule has 0 saturated heterocycles. The van der Waals surface area contributed by atoms with E-state index in [1.807, 2.05) is 0 Å². The standard InChI is InChI=1S/C26H20F7NO5S/c1-25(2,24(35)36)11-15-12-34(40(37,38)16-5-3-4-14(9-16)26(31,32)33)19-8-13(6-7-20(19)39-15)21-22(29)17(27)10-18(28)23(21)30/h3-10,15H,11-12H2,1-2H3,(H,35,36)/t15-/m0/s1. The second-order valence-electron chi connectivity index (χ2n) is 9.72. The zero-order valence-electron chi connectivity index (χ0n) is 20.7. The molecule has 0 spiro atoms. The Bertz CT molecular complexity index is 1580. The summed E-state index contributed by atoms with van der Waals surface area (Å²) in [4.78, 5) is 10.9. The van der Waals surface area contributed by atoms with Crippen LogP contribution in [0.1, 0.15) is 25.8 Å². The third-order valence-electron chi connectivity index (χ3n) is 6.36. The predicted octanol–water partition coefficient (Wildman–Crippen LogP) is 6.39. The number of carbonyl (C=O) groups is 1. The molecule has 1 aliphatic rings. The molecule has 0 saturated carbocycles. The first-order valence-corrected chi connectivity index (χ1v) is 12.9. The molecule has 0 fully saturated rings. The van der Waals surface area contributed by atoms with Gasteiger partial charge in [0.1, 0.15) is 11.9 Å². The summed E-state index contributed by atoms with van der Waals surface area (Å²) in [6.07, 6.45) is -6.24. The number of rotatable bonds is 6. The van der Waals surface area contributed by atoms with E-state index in [0.717, 1.165) is 30.3 Å². The lowest BCUT2D eigenvalue weighted by Gasteiger charge is -2.38. The maximum Gasteiger partial charge on any atom is 0.416 e. The molecule has 4 rings (SSSR count). The van der Waals surface area contributed by atoms with Gasteiger partial charge in [0.05, 0.1) is 33.7 Å². The number of halogens is 7. The SMILES string of the molecule is CC(C)(C[C@H]1CN(S(=O)(=O)c2cccc(C(F)(F)F)c2)c2cc(-c3c(F)c(F)cc(F)c3F)ccc2O1)C(=O)O. The highest BCUT2D eigenvalue weighted by molar-refractivity contribution is 7.92. The number of ether oxygens (including phenoxy) is 1. The van der Waals surface area contributed by atoms with E-state index < -0.39 is 90.8 Å². The maximum atomic E-state index is 14.5. The average Bonchev–Trinajstić information content (AvgIpc) is 2.86. The minimum atomic E-state index is -4.88. The number of anilines is 1. The topological polar surface area (TPSA) is 83.9 Å². The highest BCUT2D eigenvalue weighted by atomic mass is 32.2. The van der Waals surface area contributed by atoms with E-state index in [0.29, 0.717) is 16.4 Å². The molecule has 214 valence electrons. The lowest BCUT2D eigenvalue weighted by atomic mass is 9.86. The largest absolute Gasteiger partial charge is 0.486 e. The Morgan fingerprint density at radius 1 is 1.00 bits per heavy atom. The summed E-state index contributed by atoms with van der Waals surface area (Å²) in [5.41, 5.74) is -4.73. The fourth-order valence-corrected chi connectivity index (χ4v) is 5.79. The minimum absolute atomic E-state index is 0.00508. The van der Waals surface area contributed by atoms with Crippen LogP contribution in [-0.4, -0.2) is 32.1 Å². The molecule has 40 heavy (non-hydrogen) atoms. The lowest BCUT2D eigenvalue weighted by Crippen LogP contribution is -2.46. The number of sulfonamides is 1. The zero-order chi connectivity index (χ0) is 29.8. The Hall–Kier alpha value is -3.81. The van der Waals surface area contributed by atoms with Crippen molar-refractivity contribution in [3.05, 3.63) is 77.4 Å². The van der Waals surface area contributed by atoms with Crippen molar-refractivity contribution in [1.82, 2.24) is 0 Å². The van der Waals surface area contributed by atoms with Crippen LogP contribution in [0.25, 0.3) is 11.1 Å². The molecule has 1 N–H and O–H groups in total. The summed E-state index contributed by atoms with van der Waals surface area (Å²) in [6, 6.07) is 5.74. The summed E-state index contributed by atoms with van der Waals surface area (Å²) in [7, 11) is -4.83. The molecule has 1 aliphatic heterocycles. The van der Waals surface area contributed by atoms with E-state index >= 15 is 0 Å². The molecule has 14 heteroatoms. The monoisotopic (exact) mass is 591 g/mol. The van der Waals surface area contributed by atoms with Crippen molar-refractivity contribution < 1.29 is 53.8 Å². The van der Waals surface area contributed by atoms with Gasteiger partial charge < -0.3 is 9.84 Å². The van der Waals surface area contributed by atoms with Gasteiger partial charge in [-0.15, -0.1) is 0 Å². The minimum Gasteiger partial charge on any atom is -0.486 e. The van der Waals surface area contributed by atoms with Gasteiger partial charge in [-0.2, -0.15) is 13.2 Å². The number of alkyl halides is 3. The molecule has 0 unspecified atom stereocenters. The quantitative estimate of drug-likeness (QED) is 0.266. The average molecular weight is 592 g/mol. The van der Waals surface area contributed by atoms with Crippen molar-refractivity contribution in [2.75, 3.05) is 10.8 Å². The van der Waals surface area contributed by atoms with Crippen molar-refractivity contribution in [1.29, 1.82) is 0 Å². The summed E-state index contributed by atoms with van der Waals surface area (Å²) in [5, 5.41) is 9.51. The van der Waals surface area contributed by atoms with Crippen molar-refractivity contribution in [2.24, 2.45) is 5.41 Å². The van der Waals surface area contributed by atoms with Crippen molar-refractivity contribution in [3.8, 4) is 16.9 Å². The number of nitrogens with zero attached hydrogens (tertiary/aromatic N) is 1. The van der Waals surface area contributed by atoms with Gasteiger partial charge in [0, 0.05) is 12.5 Å². The van der Waals surface area contributed by atoms with Gasteiger partial charge in [-0.3, -0.25) is 9.10 Å². The summed E-state index contributed by atoms with van der Waals surface area (Å²) in [6.45, 7) is 2.11. The van der Waals surface area contributed by atoms with Gasteiger partial charge in [0.15, 0.2) is 23.3 Å². The van der Waals surface area contributed by atoms with Gasteiger partial charge in [-0.1, -0.05) is 12.1 Å². The Kier molecular flexibility index (Phi) is 7.28. The molecule has 0 aliphatic carbocycles. The molecule has 0 radical (unpaired) electrons. The number of carboxylic acids is 1. The van der Waals surface area contributed by atoms with Crippen LogP contribution in [-0.2, 0) is 21.0 Å². The lowest BCUT2D eigenvalue weighted by molar-refractivity contribution is -0.148. The molecular formula is C26H20F7NO5S. The van der Waals surface area contributed by atoms with E-state index in [2.05, 4.69) is 0 Å². The third-order valence-corrected chi connectivity index (χ3v) is 8.13. The molecule has 0 aromatic heterocycles. The van der Waals surface area contributed by atoms with Crippen LogP contribution in [0, 0.1) is 28.7 Å². The van der Waals surface area contributed by atoms with E-state index in [9.17, 15) is 49.1 Å². The van der Waals surface area contributed by atoms with Crippen molar-refractivity contribution >= 4 is 21.7 Å². The predicted molar refractivity (Wildman–Crippen MR) is 128 cm³/mol. The van der Waals surface area contributed by atoms with E-state index in [1.165, 1.54) is 13.8 Å². The number of aliphatic carboxylic acids is 1. The van der Waals surface area contributed by atoms with Crippen LogP contribution in [0.2, 0.25) is 0 Å². The van der Waals surface area contributed by atoms with Crippen molar-refractivity contribution in [2.45, 2.75) is 37.4 Å². The molecule has 1 heterocycles. The summed E-state index contributed by atoms with van der Waals surface area (Å²) >= 11 is 0. The molecule has 6 nitrogen and oxygen atoms in total. The van der Waals surface area contributed by atoms with E-state index in [1.54, 1.807) is 0 Å². The van der Waals surface area contributed by atoms with Crippen LogP contribution < -0.4 is 9.04 Å². The van der Waals surface area contributed by atoms with Gasteiger partial charge in [-0.25, -0.2) is 26.0 Å². The maximum absolute atomic E-state index is 14.5.